The second-order valence-corrected chi connectivity index (χ2v) is 10.5. The first-order valence-electron chi connectivity index (χ1n) is 9.84. The molecule has 0 aliphatic carbocycles. The van der Waals surface area contributed by atoms with Gasteiger partial charge in [0.1, 0.15) is 11.3 Å². The average molecular weight is 452 g/mol. The van der Waals surface area contributed by atoms with Crippen molar-refractivity contribution in [2.45, 2.75) is 19.8 Å². The highest BCUT2D eigenvalue weighted by Crippen LogP contribution is 2.36. The SMILES string of the molecule is Cc1nn(C)cc1-c1nc2ncc(Cl)c(N3CCC[C@H](CN(C)S(C)(=O)=O)C3)c2[nH]1. The molecule has 0 bridgehead atoms. The van der Waals surface area contributed by atoms with Gasteiger partial charge in [0, 0.05) is 39.9 Å². The summed E-state index contributed by atoms with van der Waals surface area (Å²) >= 11 is 6.58. The van der Waals surface area contributed by atoms with E-state index in [-0.39, 0.29) is 5.92 Å². The van der Waals surface area contributed by atoms with E-state index in [9.17, 15) is 8.42 Å². The van der Waals surface area contributed by atoms with Gasteiger partial charge in [0.05, 0.1) is 34.4 Å². The van der Waals surface area contributed by atoms with Crippen LogP contribution < -0.4 is 4.90 Å². The number of imidazole rings is 1. The van der Waals surface area contributed by atoms with Gasteiger partial charge in [-0.25, -0.2) is 22.7 Å². The molecule has 0 radical (unpaired) electrons. The number of fused-ring (bicyclic) bond motifs is 1. The molecule has 1 fully saturated rings. The second-order valence-electron chi connectivity index (χ2n) is 8.04. The average Bonchev–Trinajstić information content (AvgIpc) is 3.23. The number of hydrogen-bond donors (Lipinski definition) is 1. The van der Waals surface area contributed by atoms with Crippen LogP contribution >= 0.6 is 11.6 Å². The third kappa shape index (κ3) is 4.03. The summed E-state index contributed by atoms with van der Waals surface area (Å²) in [7, 11) is 0.302. The predicted octanol–water partition coefficient (Wildman–Crippen LogP) is 2.43. The maximum atomic E-state index is 11.8. The van der Waals surface area contributed by atoms with E-state index in [1.807, 2.05) is 20.2 Å². The molecule has 0 aromatic carbocycles. The number of anilines is 1. The number of pyridine rings is 1. The number of halogens is 1. The van der Waals surface area contributed by atoms with Crippen LogP contribution in [0.1, 0.15) is 18.5 Å². The fourth-order valence-corrected chi connectivity index (χ4v) is 4.85. The van der Waals surface area contributed by atoms with E-state index in [4.69, 9.17) is 11.6 Å². The highest BCUT2D eigenvalue weighted by atomic mass is 35.5. The van der Waals surface area contributed by atoms with Crippen molar-refractivity contribution in [3.05, 3.63) is 23.1 Å². The maximum absolute atomic E-state index is 11.8. The monoisotopic (exact) mass is 451 g/mol. The number of hydrogen-bond acceptors (Lipinski definition) is 6. The topological polar surface area (TPSA) is 100 Å². The van der Waals surface area contributed by atoms with Gasteiger partial charge in [0.2, 0.25) is 10.0 Å². The van der Waals surface area contributed by atoms with E-state index in [2.05, 4.69) is 25.0 Å². The molecule has 1 aliphatic heterocycles. The zero-order valence-electron chi connectivity index (χ0n) is 17.6. The Bertz CT molecular complexity index is 1190. The Hall–Kier alpha value is -2.17. The molecule has 11 heteroatoms. The van der Waals surface area contributed by atoms with Gasteiger partial charge in [-0.2, -0.15) is 5.10 Å². The second kappa shape index (κ2) is 7.82. The molecule has 3 aromatic heterocycles. The molecule has 0 spiro atoms. The molecule has 1 aliphatic rings. The van der Waals surface area contributed by atoms with E-state index in [0.717, 1.165) is 48.4 Å². The molecule has 4 heterocycles. The third-order valence-electron chi connectivity index (χ3n) is 5.63. The smallest absolute Gasteiger partial charge is 0.210 e. The Morgan fingerprint density at radius 1 is 1.40 bits per heavy atom. The van der Waals surface area contributed by atoms with Gasteiger partial charge in [0.25, 0.3) is 0 Å². The summed E-state index contributed by atoms with van der Waals surface area (Å²) in [6, 6.07) is 0. The number of piperidine rings is 1. The van der Waals surface area contributed by atoms with Crippen LogP contribution in [0.2, 0.25) is 5.02 Å². The number of sulfonamides is 1. The van der Waals surface area contributed by atoms with Crippen LogP contribution in [0.4, 0.5) is 5.69 Å². The van der Waals surface area contributed by atoms with Gasteiger partial charge < -0.3 is 9.88 Å². The zero-order chi connectivity index (χ0) is 21.6. The molecule has 0 unspecified atom stereocenters. The Kier molecular flexibility index (Phi) is 5.50. The minimum atomic E-state index is -3.20. The summed E-state index contributed by atoms with van der Waals surface area (Å²) in [6.07, 6.45) is 6.73. The molecular weight excluding hydrogens is 426 g/mol. The fraction of sp³-hybridized carbons (Fsp3) is 0.526. The van der Waals surface area contributed by atoms with Gasteiger partial charge in [0.15, 0.2) is 5.65 Å². The van der Waals surface area contributed by atoms with Gasteiger partial charge >= 0.3 is 0 Å². The first kappa shape index (κ1) is 21.1. The van der Waals surface area contributed by atoms with Crippen molar-refractivity contribution in [2.75, 3.05) is 37.8 Å². The largest absolute Gasteiger partial charge is 0.368 e. The first-order chi connectivity index (χ1) is 14.1. The molecule has 1 N–H and O–H groups in total. The number of nitrogens with one attached hydrogen (secondary N) is 1. The summed E-state index contributed by atoms with van der Waals surface area (Å²) in [4.78, 5) is 14.7. The molecule has 1 saturated heterocycles. The van der Waals surface area contributed by atoms with Crippen LogP contribution in [0.25, 0.3) is 22.6 Å². The minimum Gasteiger partial charge on any atom is -0.368 e. The number of H-pyrrole nitrogens is 1. The summed E-state index contributed by atoms with van der Waals surface area (Å²) in [5.41, 5.74) is 4.06. The fourth-order valence-electron chi connectivity index (χ4n) is 4.11. The Morgan fingerprint density at radius 3 is 2.83 bits per heavy atom. The minimum absolute atomic E-state index is 0.223. The van der Waals surface area contributed by atoms with Gasteiger partial charge in [-0.05, 0) is 25.7 Å². The lowest BCUT2D eigenvalue weighted by molar-refractivity contribution is 0.337. The van der Waals surface area contributed by atoms with E-state index in [1.165, 1.54) is 10.6 Å². The third-order valence-corrected chi connectivity index (χ3v) is 7.19. The summed E-state index contributed by atoms with van der Waals surface area (Å²) in [6.45, 7) is 4.00. The lowest BCUT2D eigenvalue weighted by Crippen LogP contribution is -2.41. The molecule has 162 valence electrons. The van der Waals surface area contributed by atoms with E-state index in [1.54, 1.807) is 17.9 Å². The number of nitrogens with zero attached hydrogens (tertiary/aromatic N) is 6. The molecule has 1 atom stereocenters. The normalized spacial score (nSPS) is 17.9. The standard InChI is InChI=1S/C19H26ClN7O2S/c1-12-14(11-25(2)24-12)18-22-16-17(15(20)8-21-19(16)23-18)27-7-5-6-13(10-27)9-26(3)30(4,28)29/h8,11,13H,5-7,9-10H2,1-4H3,(H,21,22,23)/t13-/m1/s1. The molecule has 9 nitrogen and oxygen atoms in total. The van der Waals surface area contributed by atoms with E-state index >= 15 is 0 Å². The van der Waals surface area contributed by atoms with E-state index in [0.29, 0.717) is 23.0 Å². The summed E-state index contributed by atoms with van der Waals surface area (Å²) in [5.74, 6) is 0.928. The molecular formula is C19H26ClN7O2S. The number of aromatic nitrogens is 5. The number of rotatable bonds is 5. The first-order valence-corrected chi connectivity index (χ1v) is 12.1. The van der Waals surface area contributed by atoms with Crippen LogP contribution in [-0.2, 0) is 17.1 Å². The molecule has 4 rings (SSSR count). The number of aryl methyl sites for hydroxylation is 2. The lowest BCUT2D eigenvalue weighted by Gasteiger charge is -2.36. The van der Waals surface area contributed by atoms with Crippen LogP contribution in [0, 0.1) is 12.8 Å². The quantitative estimate of drug-likeness (QED) is 0.639. The van der Waals surface area contributed by atoms with Crippen molar-refractivity contribution in [3.8, 4) is 11.4 Å². The summed E-state index contributed by atoms with van der Waals surface area (Å²) in [5, 5.41) is 4.94. The van der Waals surface area contributed by atoms with Crippen molar-refractivity contribution in [2.24, 2.45) is 13.0 Å². The van der Waals surface area contributed by atoms with Crippen molar-refractivity contribution in [1.82, 2.24) is 29.0 Å². The van der Waals surface area contributed by atoms with Crippen molar-refractivity contribution in [1.29, 1.82) is 0 Å². The Morgan fingerprint density at radius 2 is 2.17 bits per heavy atom. The van der Waals surface area contributed by atoms with Gasteiger partial charge in [-0.1, -0.05) is 11.6 Å². The Balaban J connectivity index is 1.68. The van der Waals surface area contributed by atoms with E-state index < -0.39 is 10.0 Å². The highest BCUT2D eigenvalue weighted by Gasteiger charge is 2.27. The maximum Gasteiger partial charge on any atom is 0.210 e. The molecule has 0 amide bonds. The number of aromatic amines is 1. The summed E-state index contributed by atoms with van der Waals surface area (Å²) < 4.78 is 26.8. The molecule has 3 aromatic rings. The van der Waals surface area contributed by atoms with Crippen molar-refractivity contribution < 1.29 is 8.42 Å². The van der Waals surface area contributed by atoms with Crippen LogP contribution in [-0.4, -0.2) is 70.4 Å². The van der Waals surface area contributed by atoms with Crippen molar-refractivity contribution in [3.63, 3.8) is 0 Å². The zero-order valence-corrected chi connectivity index (χ0v) is 19.1. The van der Waals surface area contributed by atoms with Gasteiger partial charge in [-0.15, -0.1) is 0 Å². The van der Waals surface area contributed by atoms with Gasteiger partial charge in [-0.3, -0.25) is 4.68 Å². The lowest BCUT2D eigenvalue weighted by atomic mass is 9.97. The van der Waals surface area contributed by atoms with Crippen molar-refractivity contribution >= 4 is 38.5 Å². The highest BCUT2D eigenvalue weighted by molar-refractivity contribution is 7.88. The predicted molar refractivity (Wildman–Crippen MR) is 118 cm³/mol. The van der Waals surface area contributed by atoms with Crippen LogP contribution in [0.15, 0.2) is 12.4 Å². The Labute approximate surface area is 181 Å². The van der Waals surface area contributed by atoms with Crippen LogP contribution in [0.5, 0.6) is 0 Å². The van der Waals surface area contributed by atoms with Crippen LogP contribution in [0.3, 0.4) is 0 Å². The molecule has 0 saturated carbocycles. The molecule has 30 heavy (non-hydrogen) atoms.